The highest BCUT2D eigenvalue weighted by molar-refractivity contribution is 7.92. The minimum absolute atomic E-state index is 0.220. The Morgan fingerprint density at radius 2 is 1.70 bits per heavy atom. The molecule has 0 saturated carbocycles. The molecule has 0 atom stereocenters. The number of aryl methyl sites for hydroxylation is 4. The number of hydrogen-bond acceptors (Lipinski definition) is 3. The normalized spacial score (nSPS) is 11.7. The Morgan fingerprint density at radius 1 is 1.05 bits per heavy atom. The molecule has 1 aromatic heterocycles. The molecule has 0 aliphatic rings. The molecule has 0 unspecified atom stereocenters. The maximum Gasteiger partial charge on any atom is 0.267 e. The summed E-state index contributed by atoms with van der Waals surface area (Å²) in [4.78, 5) is 0.220. The summed E-state index contributed by atoms with van der Waals surface area (Å²) in [6.45, 7) is 7.29. The van der Waals surface area contributed by atoms with Crippen molar-refractivity contribution in [3.63, 3.8) is 0 Å². The number of nitrogens with zero attached hydrogens (tertiary/aromatic N) is 1. The Hall–Kier alpha value is -1.75. The lowest BCUT2D eigenvalue weighted by atomic mass is 10.1. The highest BCUT2D eigenvalue weighted by Crippen LogP contribution is 2.28. The summed E-state index contributed by atoms with van der Waals surface area (Å²) < 4.78 is 32.0. The predicted octanol–water partition coefficient (Wildman–Crippen LogP) is 3.34. The van der Waals surface area contributed by atoms with E-state index >= 15 is 0 Å². The van der Waals surface area contributed by atoms with Crippen molar-refractivity contribution in [3.8, 4) is 0 Å². The molecule has 0 aliphatic heterocycles. The van der Waals surface area contributed by atoms with Gasteiger partial charge >= 0.3 is 0 Å². The standard InChI is InChI=1S/C15H19NO3S/c1-10-6-7-14(11(2)8-10)16(5)20(17,18)15-9-12(3)19-13(15)4/h6-9H,1-5H3. The summed E-state index contributed by atoms with van der Waals surface area (Å²) in [5, 5.41) is 0. The molecule has 1 aromatic carbocycles. The predicted molar refractivity (Wildman–Crippen MR) is 79.7 cm³/mol. The van der Waals surface area contributed by atoms with Gasteiger partial charge in [-0.15, -0.1) is 0 Å². The van der Waals surface area contributed by atoms with E-state index in [0.717, 1.165) is 11.1 Å². The summed E-state index contributed by atoms with van der Waals surface area (Å²) in [6, 6.07) is 7.26. The molecule has 2 rings (SSSR count). The van der Waals surface area contributed by atoms with E-state index in [2.05, 4.69) is 0 Å². The fraction of sp³-hybridized carbons (Fsp3) is 0.333. The lowest BCUT2D eigenvalue weighted by molar-refractivity contribution is 0.496. The number of furan rings is 1. The second kappa shape index (κ2) is 4.98. The third kappa shape index (κ3) is 2.45. The Kier molecular flexibility index (Phi) is 3.65. The molecule has 0 fully saturated rings. The molecule has 0 amide bonds. The summed E-state index contributed by atoms with van der Waals surface area (Å²) in [5.74, 6) is 1.01. The molecular formula is C15H19NO3S. The molecule has 108 valence electrons. The summed E-state index contributed by atoms with van der Waals surface area (Å²) >= 11 is 0. The largest absolute Gasteiger partial charge is 0.465 e. The molecule has 1 heterocycles. The lowest BCUT2D eigenvalue weighted by Crippen LogP contribution is -2.27. The van der Waals surface area contributed by atoms with Crippen LogP contribution in [0.15, 0.2) is 33.6 Å². The number of hydrogen-bond donors (Lipinski definition) is 0. The summed E-state index contributed by atoms with van der Waals surface area (Å²) in [6.07, 6.45) is 0. The lowest BCUT2D eigenvalue weighted by Gasteiger charge is -2.21. The zero-order valence-electron chi connectivity index (χ0n) is 12.4. The van der Waals surface area contributed by atoms with E-state index in [9.17, 15) is 8.42 Å². The van der Waals surface area contributed by atoms with Gasteiger partial charge in [0.05, 0.1) is 5.69 Å². The molecule has 0 N–H and O–H groups in total. The van der Waals surface area contributed by atoms with E-state index in [-0.39, 0.29) is 4.90 Å². The molecule has 0 aliphatic carbocycles. The molecule has 20 heavy (non-hydrogen) atoms. The highest BCUT2D eigenvalue weighted by atomic mass is 32.2. The van der Waals surface area contributed by atoms with Crippen LogP contribution in [0.25, 0.3) is 0 Å². The topological polar surface area (TPSA) is 50.5 Å². The van der Waals surface area contributed by atoms with Crippen LogP contribution >= 0.6 is 0 Å². The van der Waals surface area contributed by atoms with Gasteiger partial charge in [-0.1, -0.05) is 17.7 Å². The van der Waals surface area contributed by atoms with Crippen LogP contribution in [0.1, 0.15) is 22.6 Å². The highest BCUT2D eigenvalue weighted by Gasteiger charge is 2.26. The van der Waals surface area contributed by atoms with Gasteiger partial charge in [-0.25, -0.2) is 8.42 Å². The van der Waals surface area contributed by atoms with Crippen LogP contribution in [0, 0.1) is 27.7 Å². The molecule has 0 spiro atoms. The fourth-order valence-corrected chi connectivity index (χ4v) is 3.78. The monoisotopic (exact) mass is 293 g/mol. The van der Waals surface area contributed by atoms with E-state index in [4.69, 9.17) is 4.42 Å². The van der Waals surface area contributed by atoms with Crippen LogP contribution in [-0.4, -0.2) is 15.5 Å². The Bertz CT molecular complexity index is 744. The van der Waals surface area contributed by atoms with Gasteiger partial charge in [-0.2, -0.15) is 0 Å². The zero-order valence-corrected chi connectivity index (χ0v) is 13.2. The van der Waals surface area contributed by atoms with Gasteiger partial charge in [-0.3, -0.25) is 4.31 Å². The molecule has 0 radical (unpaired) electrons. The van der Waals surface area contributed by atoms with Crippen LogP contribution in [-0.2, 0) is 10.0 Å². The van der Waals surface area contributed by atoms with Crippen molar-refractivity contribution in [2.24, 2.45) is 0 Å². The zero-order chi connectivity index (χ0) is 15.1. The van der Waals surface area contributed by atoms with Gasteiger partial charge in [0, 0.05) is 13.1 Å². The molecule has 4 nitrogen and oxygen atoms in total. The minimum atomic E-state index is -3.60. The first-order valence-electron chi connectivity index (χ1n) is 6.36. The second-order valence-electron chi connectivity index (χ2n) is 5.04. The van der Waals surface area contributed by atoms with E-state index < -0.39 is 10.0 Å². The van der Waals surface area contributed by atoms with Gasteiger partial charge in [0.1, 0.15) is 16.4 Å². The maximum atomic E-state index is 12.7. The molecule has 2 aromatic rings. The van der Waals surface area contributed by atoms with Crippen molar-refractivity contribution in [2.75, 3.05) is 11.4 Å². The van der Waals surface area contributed by atoms with Crippen LogP contribution in [0.2, 0.25) is 0 Å². The van der Waals surface area contributed by atoms with Gasteiger partial charge in [0.15, 0.2) is 0 Å². The second-order valence-corrected chi connectivity index (χ2v) is 6.98. The first kappa shape index (κ1) is 14.7. The van der Waals surface area contributed by atoms with Crippen LogP contribution in [0.4, 0.5) is 5.69 Å². The quantitative estimate of drug-likeness (QED) is 0.872. The van der Waals surface area contributed by atoms with Crippen LogP contribution in [0.5, 0.6) is 0 Å². The molecule has 0 saturated heterocycles. The van der Waals surface area contributed by atoms with Crippen molar-refractivity contribution in [2.45, 2.75) is 32.6 Å². The van der Waals surface area contributed by atoms with Crippen LogP contribution < -0.4 is 4.31 Å². The summed E-state index contributed by atoms with van der Waals surface area (Å²) in [7, 11) is -2.03. The SMILES string of the molecule is Cc1ccc(N(C)S(=O)(=O)c2cc(C)oc2C)c(C)c1. The number of benzene rings is 1. The van der Waals surface area contributed by atoms with Gasteiger partial charge in [0.2, 0.25) is 0 Å². The Morgan fingerprint density at radius 3 is 2.20 bits per heavy atom. The van der Waals surface area contributed by atoms with E-state index in [1.54, 1.807) is 27.0 Å². The average molecular weight is 293 g/mol. The molecule has 5 heteroatoms. The van der Waals surface area contributed by atoms with Crippen molar-refractivity contribution in [1.29, 1.82) is 0 Å². The smallest absolute Gasteiger partial charge is 0.267 e. The minimum Gasteiger partial charge on any atom is -0.465 e. The van der Waals surface area contributed by atoms with Gasteiger partial charge in [-0.05, 0) is 39.3 Å². The van der Waals surface area contributed by atoms with Crippen molar-refractivity contribution >= 4 is 15.7 Å². The van der Waals surface area contributed by atoms with Crippen molar-refractivity contribution in [1.82, 2.24) is 0 Å². The van der Waals surface area contributed by atoms with Crippen molar-refractivity contribution < 1.29 is 12.8 Å². The third-order valence-corrected chi connectivity index (χ3v) is 5.20. The molecular weight excluding hydrogens is 274 g/mol. The number of anilines is 1. The van der Waals surface area contributed by atoms with Crippen molar-refractivity contribution in [3.05, 3.63) is 46.9 Å². The first-order chi connectivity index (χ1) is 9.23. The van der Waals surface area contributed by atoms with Gasteiger partial charge < -0.3 is 4.42 Å². The molecule has 0 bridgehead atoms. The number of rotatable bonds is 3. The number of sulfonamides is 1. The average Bonchev–Trinajstić information content (AvgIpc) is 2.68. The summed E-state index contributed by atoms with van der Waals surface area (Å²) in [5.41, 5.74) is 2.70. The van der Waals surface area contributed by atoms with E-state index in [1.165, 1.54) is 4.31 Å². The first-order valence-corrected chi connectivity index (χ1v) is 7.80. The third-order valence-electron chi connectivity index (χ3n) is 3.33. The fourth-order valence-electron chi connectivity index (χ4n) is 2.30. The maximum absolute atomic E-state index is 12.7. The Labute approximate surface area is 120 Å². The van der Waals surface area contributed by atoms with Crippen LogP contribution in [0.3, 0.4) is 0 Å². The van der Waals surface area contributed by atoms with E-state index in [0.29, 0.717) is 17.2 Å². The van der Waals surface area contributed by atoms with Gasteiger partial charge in [0.25, 0.3) is 10.0 Å². The van der Waals surface area contributed by atoms with E-state index in [1.807, 2.05) is 32.0 Å². The Balaban J connectivity index is 2.51.